The van der Waals surface area contributed by atoms with Crippen LogP contribution in [-0.4, -0.2) is 38.7 Å². The number of rotatable bonds is 7. The summed E-state index contributed by atoms with van der Waals surface area (Å²) in [5.74, 6) is -0.0701. The van der Waals surface area contributed by atoms with Gasteiger partial charge >= 0.3 is 0 Å². The van der Waals surface area contributed by atoms with Crippen LogP contribution in [0, 0.1) is 10.1 Å². The van der Waals surface area contributed by atoms with Crippen molar-refractivity contribution >= 4 is 33.0 Å². The Bertz CT molecular complexity index is 961. The Kier molecular flexibility index (Phi) is 6.01. The summed E-state index contributed by atoms with van der Waals surface area (Å²) in [5.41, 5.74) is 0.181. The smallest absolute Gasteiger partial charge is 0.271 e. The number of ether oxygens (including phenoxy) is 1. The van der Waals surface area contributed by atoms with Crippen LogP contribution < -0.4 is 14.4 Å². The van der Waals surface area contributed by atoms with Crippen molar-refractivity contribution in [2.45, 2.75) is 13.0 Å². The van der Waals surface area contributed by atoms with Gasteiger partial charge in [-0.15, -0.1) is 0 Å². The van der Waals surface area contributed by atoms with Crippen LogP contribution in [0.5, 0.6) is 5.75 Å². The fraction of sp³-hybridized carbons (Fsp3) is 0.235. The molecule has 0 radical (unpaired) electrons. The molecule has 0 saturated heterocycles. The number of benzene rings is 2. The quantitative estimate of drug-likeness (QED) is 0.570. The minimum absolute atomic E-state index is 0.0278. The van der Waals surface area contributed by atoms with Gasteiger partial charge in [-0.25, -0.2) is 8.42 Å². The van der Waals surface area contributed by atoms with Crippen molar-refractivity contribution < 1.29 is 22.9 Å². The second kappa shape index (κ2) is 8.04. The van der Waals surface area contributed by atoms with E-state index in [1.165, 1.54) is 32.2 Å². The molecular weight excluding hydrogens is 374 g/mol. The van der Waals surface area contributed by atoms with Crippen molar-refractivity contribution in [1.82, 2.24) is 0 Å². The predicted octanol–water partition coefficient (Wildman–Crippen LogP) is 2.40. The third kappa shape index (κ3) is 4.94. The molecule has 1 atom stereocenters. The van der Waals surface area contributed by atoms with Gasteiger partial charge in [-0.2, -0.15) is 0 Å². The monoisotopic (exact) mass is 393 g/mol. The molecule has 2 aromatic rings. The molecule has 0 fully saturated rings. The van der Waals surface area contributed by atoms with Crippen molar-refractivity contribution in [1.29, 1.82) is 0 Å². The average Bonchev–Trinajstić information content (AvgIpc) is 2.61. The summed E-state index contributed by atoms with van der Waals surface area (Å²) < 4.78 is 30.5. The van der Waals surface area contributed by atoms with Crippen molar-refractivity contribution in [2.24, 2.45) is 0 Å². The van der Waals surface area contributed by atoms with Gasteiger partial charge in [0, 0.05) is 23.9 Å². The van der Waals surface area contributed by atoms with E-state index >= 15 is 0 Å². The first-order valence-electron chi connectivity index (χ1n) is 7.82. The lowest BCUT2D eigenvalue weighted by atomic mass is 10.2. The highest BCUT2D eigenvalue weighted by Gasteiger charge is 2.30. The fourth-order valence-electron chi connectivity index (χ4n) is 2.50. The highest BCUT2D eigenvalue weighted by atomic mass is 32.2. The van der Waals surface area contributed by atoms with Gasteiger partial charge in [0.1, 0.15) is 11.8 Å². The number of nitro benzene ring substituents is 1. The maximum atomic E-state index is 12.6. The summed E-state index contributed by atoms with van der Waals surface area (Å²) in [5, 5.41) is 13.6. The van der Waals surface area contributed by atoms with E-state index in [-0.39, 0.29) is 11.4 Å². The van der Waals surface area contributed by atoms with Crippen LogP contribution >= 0.6 is 0 Å². The van der Waals surface area contributed by atoms with Crippen LogP contribution in [0.4, 0.5) is 17.1 Å². The second-order valence-corrected chi connectivity index (χ2v) is 7.59. The zero-order valence-corrected chi connectivity index (χ0v) is 15.8. The Hall–Kier alpha value is -3.14. The number of nitrogens with zero attached hydrogens (tertiary/aromatic N) is 2. The van der Waals surface area contributed by atoms with Gasteiger partial charge in [-0.05, 0) is 25.1 Å². The van der Waals surface area contributed by atoms with Gasteiger partial charge in [0.25, 0.3) is 5.69 Å². The third-order valence-corrected chi connectivity index (χ3v) is 4.96. The molecule has 0 heterocycles. The van der Waals surface area contributed by atoms with Crippen LogP contribution in [0.2, 0.25) is 0 Å². The SMILES string of the molecule is COc1cccc(NC(=O)[C@H](C)N(c2cccc([N+](=O)[O-])c2)S(C)(=O)=O)c1. The molecule has 0 aliphatic carbocycles. The fourth-order valence-corrected chi connectivity index (χ4v) is 3.67. The van der Waals surface area contributed by atoms with Gasteiger partial charge < -0.3 is 10.1 Å². The van der Waals surface area contributed by atoms with Crippen LogP contribution in [0.1, 0.15) is 6.92 Å². The van der Waals surface area contributed by atoms with Crippen LogP contribution in [0.15, 0.2) is 48.5 Å². The molecule has 0 spiro atoms. The molecule has 1 N–H and O–H groups in total. The normalized spacial score (nSPS) is 12.1. The zero-order valence-electron chi connectivity index (χ0n) is 14.9. The molecule has 27 heavy (non-hydrogen) atoms. The molecule has 144 valence electrons. The third-order valence-electron chi connectivity index (χ3n) is 3.72. The molecule has 0 unspecified atom stereocenters. The number of amides is 1. The average molecular weight is 393 g/mol. The first kappa shape index (κ1) is 20.2. The molecule has 0 aliphatic rings. The van der Waals surface area contributed by atoms with Crippen LogP contribution in [-0.2, 0) is 14.8 Å². The van der Waals surface area contributed by atoms with E-state index in [9.17, 15) is 23.3 Å². The maximum Gasteiger partial charge on any atom is 0.271 e. The van der Waals surface area contributed by atoms with E-state index in [0.29, 0.717) is 11.4 Å². The molecule has 0 saturated carbocycles. The molecule has 2 aromatic carbocycles. The summed E-state index contributed by atoms with van der Waals surface area (Å²) in [6.07, 6.45) is 0.932. The first-order valence-corrected chi connectivity index (χ1v) is 9.67. The van der Waals surface area contributed by atoms with E-state index in [2.05, 4.69) is 5.32 Å². The highest BCUT2D eigenvalue weighted by Crippen LogP contribution is 2.26. The molecule has 0 aromatic heterocycles. The van der Waals surface area contributed by atoms with E-state index in [1.807, 2.05) is 0 Å². The lowest BCUT2D eigenvalue weighted by Gasteiger charge is -2.28. The molecule has 9 nitrogen and oxygen atoms in total. The number of methoxy groups -OCH3 is 1. The predicted molar refractivity (Wildman–Crippen MR) is 102 cm³/mol. The standard InChI is InChI=1S/C17H19N3O6S/c1-12(17(21)18-13-6-4-9-16(10-13)26-2)19(27(3,24)25)14-7-5-8-15(11-14)20(22)23/h4-12H,1-3H3,(H,18,21)/t12-/m0/s1. The largest absolute Gasteiger partial charge is 0.497 e. The van der Waals surface area contributed by atoms with E-state index < -0.39 is 26.9 Å². The van der Waals surface area contributed by atoms with Gasteiger partial charge in [0.15, 0.2) is 0 Å². The van der Waals surface area contributed by atoms with Crippen molar-refractivity contribution in [3.05, 3.63) is 58.6 Å². The number of sulfonamides is 1. The Morgan fingerprint density at radius 3 is 2.48 bits per heavy atom. The molecular formula is C17H19N3O6S. The van der Waals surface area contributed by atoms with Crippen molar-refractivity contribution in [2.75, 3.05) is 23.0 Å². The molecule has 0 bridgehead atoms. The summed E-state index contributed by atoms with van der Waals surface area (Å²) in [4.78, 5) is 22.9. The summed E-state index contributed by atoms with van der Waals surface area (Å²) >= 11 is 0. The minimum Gasteiger partial charge on any atom is -0.497 e. The van der Waals surface area contributed by atoms with Crippen LogP contribution in [0.3, 0.4) is 0 Å². The maximum absolute atomic E-state index is 12.6. The molecule has 2 rings (SSSR count). The van der Waals surface area contributed by atoms with Gasteiger partial charge in [0.05, 0.1) is 24.0 Å². The Balaban J connectivity index is 2.34. The first-order chi connectivity index (χ1) is 12.6. The molecule has 1 amide bonds. The number of non-ortho nitro benzene ring substituents is 1. The highest BCUT2D eigenvalue weighted by molar-refractivity contribution is 7.92. The van der Waals surface area contributed by atoms with E-state index in [4.69, 9.17) is 4.74 Å². The Morgan fingerprint density at radius 2 is 1.89 bits per heavy atom. The number of hydrogen-bond donors (Lipinski definition) is 1. The number of nitrogens with one attached hydrogen (secondary N) is 1. The van der Waals surface area contributed by atoms with Gasteiger partial charge in [-0.3, -0.25) is 19.2 Å². The lowest BCUT2D eigenvalue weighted by molar-refractivity contribution is -0.384. The lowest BCUT2D eigenvalue weighted by Crippen LogP contribution is -2.45. The molecule has 0 aliphatic heterocycles. The number of carbonyl (C=O) groups excluding carboxylic acids is 1. The summed E-state index contributed by atoms with van der Waals surface area (Å²) in [6.45, 7) is 1.40. The summed E-state index contributed by atoms with van der Waals surface area (Å²) in [7, 11) is -2.40. The van der Waals surface area contributed by atoms with E-state index in [0.717, 1.165) is 16.6 Å². The van der Waals surface area contributed by atoms with Gasteiger partial charge in [0.2, 0.25) is 15.9 Å². The number of hydrogen-bond acceptors (Lipinski definition) is 6. The Morgan fingerprint density at radius 1 is 1.22 bits per heavy atom. The Labute approximate surface area is 156 Å². The molecule has 10 heteroatoms. The van der Waals surface area contributed by atoms with Gasteiger partial charge in [-0.1, -0.05) is 12.1 Å². The number of anilines is 2. The number of carbonyl (C=O) groups is 1. The minimum atomic E-state index is -3.88. The van der Waals surface area contributed by atoms with Crippen LogP contribution in [0.25, 0.3) is 0 Å². The van der Waals surface area contributed by atoms with Crippen molar-refractivity contribution in [3.8, 4) is 5.75 Å². The summed E-state index contributed by atoms with van der Waals surface area (Å²) in [6, 6.07) is 10.5. The zero-order chi connectivity index (χ0) is 20.2. The van der Waals surface area contributed by atoms with E-state index in [1.54, 1.807) is 24.3 Å². The number of nitro groups is 1. The second-order valence-electron chi connectivity index (χ2n) is 5.73. The van der Waals surface area contributed by atoms with Crippen molar-refractivity contribution in [3.63, 3.8) is 0 Å². The topological polar surface area (TPSA) is 119 Å².